The van der Waals surface area contributed by atoms with E-state index in [1.54, 1.807) is 4.90 Å². The Kier molecular flexibility index (Phi) is 5.55. The molecule has 0 radical (unpaired) electrons. The number of hydrogen-bond donors (Lipinski definition) is 1. The quantitative estimate of drug-likeness (QED) is 0.814. The van der Waals surface area contributed by atoms with Crippen LogP contribution in [0.25, 0.3) is 0 Å². The molecule has 8 heteroatoms. The Balaban J connectivity index is 2.23. The van der Waals surface area contributed by atoms with Crippen LogP contribution in [0, 0.1) is 0 Å². The van der Waals surface area contributed by atoms with E-state index in [-0.39, 0.29) is 11.8 Å². The number of halogens is 1. The highest BCUT2D eigenvalue weighted by molar-refractivity contribution is 6.28. The van der Waals surface area contributed by atoms with Gasteiger partial charge < -0.3 is 15.5 Å². The van der Waals surface area contributed by atoms with E-state index in [4.69, 9.17) is 17.3 Å². The number of aromatic nitrogens is 3. The average Bonchev–Trinajstić information content (AvgIpc) is 2.96. The number of unbranched alkanes of at least 4 members (excludes halogenated alkanes) is 1. The van der Waals surface area contributed by atoms with Crippen molar-refractivity contribution in [1.29, 1.82) is 0 Å². The summed E-state index contributed by atoms with van der Waals surface area (Å²) in [6, 6.07) is 0. The van der Waals surface area contributed by atoms with Crippen LogP contribution in [0.1, 0.15) is 32.6 Å². The Morgan fingerprint density at radius 3 is 2.67 bits per heavy atom. The highest BCUT2D eigenvalue weighted by Crippen LogP contribution is 2.20. The highest BCUT2D eigenvalue weighted by Gasteiger charge is 2.20. The summed E-state index contributed by atoms with van der Waals surface area (Å²) in [6.45, 7) is 4.67. The van der Waals surface area contributed by atoms with Crippen LogP contribution >= 0.6 is 11.6 Å². The average molecular weight is 313 g/mol. The van der Waals surface area contributed by atoms with E-state index in [0.29, 0.717) is 18.4 Å². The molecule has 2 N–H and O–H groups in total. The van der Waals surface area contributed by atoms with Crippen LogP contribution in [0.2, 0.25) is 5.28 Å². The number of nitrogens with zero attached hydrogens (tertiary/aromatic N) is 5. The van der Waals surface area contributed by atoms with Crippen molar-refractivity contribution in [1.82, 2.24) is 15.0 Å². The number of carbonyl (C=O) groups excluding carboxylic acids is 1. The summed E-state index contributed by atoms with van der Waals surface area (Å²) in [7, 11) is 0. The van der Waals surface area contributed by atoms with Gasteiger partial charge in [-0.05, 0) is 30.9 Å². The zero-order valence-corrected chi connectivity index (χ0v) is 13.0. The molecule has 1 aromatic rings. The summed E-state index contributed by atoms with van der Waals surface area (Å²) in [6.07, 6.45) is 4.18. The molecule has 1 aromatic heterocycles. The van der Waals surface area contributed by atoms with E-state index < -0.39 is 5.91 Å². The second-order valence-corrected chi connectivity index (χ2v) is 5.48. The standard InChI is InChI=1S/C13H21ClN6O/c1-2-3-6-20(9-10(15)21)13-17-11(14)16-12(18-13)19-7-4-5-8-19/h2-9H2,1H3,(H2,15,21). The van der Waals surface area contributed by atoms with Crippen LogP contribution in [-0.2, 0) is 4.79 Å². The maximum Gasteiger partial charge on any atom is 0.237 e. The topological polar surface area (TPSA) is 88.2 Å². The van der Waals surface area contributed by atoms with Crippen molar-refractivity contribution in [2.75, 3.05) is 36.0 Å². The predicted molar refractivity (Wildman–Crippen MR) is 82.6 cm³/mol. The number of primary amides is 1. The first-order valence-corrected chi connectivity index (χ1v) is 7.67. The van der Waals surface area contributed by atoms with Gasteiger partial charge in [-0.25, -0.2) is 0 Å². The molecule has 0 atom stereocenters. The number of carbonyl (C=O) groups is 1. The summed E-state index contributed by atoms with van der Waals surface area (Å²) < 4.78 is 0. The fourth-order valence-electron chi connectivity index (χ4n) is 2.32. The first kappa shape index (κ1) is 15.8. The molecule has 0 unspecified atom stereocenters. The second kappa shape index (κ2) is 7.40. The molecule has 1 fully saturated rings. The fraction of sp³-hybridized carbons (Fsp3) is 0.692. The van der Waals surface area contributed by atoms with Crippen molar-refractivity contribution in [2.24, 2.45) is 5.73 Å². The zero-order valence-electron chi connectivity index (χ0n) is 12.3. The highest BCUT2D eigenvalue weighted by atomic mass is 35.5. The summed E-state index contributed by atoms with van der Waals surface area (Å²) >= 11 is 6.01. The van der Waals surface area contributed by atoms with Crippen molar-refractivity contribution in [2.45, 2.75) is 32.6 Å². The van der Waals surface area contributed by atoms with Gasteiger partial charge in [-0.15, -0.1) is 0 Å². The van der Waals surface area contributed by atoms with Gasteiger partial charge in [0.2, 0.25) is 23.1 Å². The molecule has 21 heavy (non-hydrogen) atoms. The van der Waals surface area contributed by atoms with Crippen molar-refractivity contribution in [3.05, 3.63) is 5.28 Å². The second-order valence-electron chi connectivity index (χ2n) is 5.14. The van der Waals surface area contributed by atoms with E-state index in [0.717, 1.165) is 38.8 Å². The molecular weight excluding hydrogens is 292 g/mol. The van der Waals surface area contributed by atoms with Crippen LogP contribution in [0.5, 0.6) is 0 Å². The molecule has 2 rings (SSSR count). The van der Waals surface area contributed by atoms with Crippen molar-refractivity contribution < 1.29 is 4.79 Å². The normalized spacial score (nSPS) is 14.5. The molecule has 116 valence electrons. The van der Waals surface area contributed by atoms with Crippen LogP contribution in [0.4, 0.5) is 11.9 Å². The molecule has 1 aliphatic rings. The minimum atomic E-state index is -0.412. The van der Waals surface area contributed by atoms with Gasteiger partial charge in [-0.3, -0.25) is 4.79 Å². The Hall–Kier alpha value is -1.63. The third kappa shape index (κ3) is 4.42. The minimum absolute atomic E-state index is 0.0831. The number of nitrogens with two attached hydrogens (primary N) is 1. The number of anilines is 2. The maximum atomic E-state index is 11.2. The van der Waals surface area contributed by atoms with Gasteiger partial charge in [0.1, 0.15) is 0 Å². The molecule has 1 amide bonds. The van der Waals surface area contributed by atoms with Crippen molar-refractivity contribution >= 4 is 29.4 Å². The molecule has 0 spiro atoms. The van der Waals surface area contributed by atoms with E-state index >= 15 is 0 Å². The lowest BCUT2D eigenvalue weighted by Crippen LogP contribution is -2.36. The summed E-state index contributed by atoms with van der Waals surface area (Å²) in [5.74, 6) is 0.586. The molecule has 1 aliphatic heterocycles. The van der Waals surface area contributed by atoms with Crippen molar-refractivity contribution in [3.8, 4) is 0 Å². The zero-order chi connectivity index (χ0) is 15.2. The summed E-state index contributed by atoms with van der Waals surface area (Å²) in [4.78, 5) is 27.9. The first-order chi connectivity index (χ1) is 10.1. The SMILES string of the molecule is CCCCN(CC(N)=O)c1nc(Cl)nc(N2CCCC2)n1. The fourth-order valence-corrected chi connectivity index (χ4v) is 2.47. The van der Waals surface area contributed by atoms with Crippen LogP contribution in [0.3, 0.4) is 0 Å². The summed E-state index contributed by atoms with van der Waals surface area (Å²) in [5.41, 5.74) is 5.31. The Bertz CT molecular complexity index is 492. The van der Waals surface area contributed by atoms with Gasteiger partial charge >= 0.3 is 0 Å². The first-order valence-electron chi connectivity index (χ1n) is 7.30. The third-order valence-corrected chi connectivity index (χ3v) is 3.55. The van der Waals surface area contributed by atoms with Gasteiger partial charge in [0, 0.05) is 19.6 Å². The van der Waals surface area contributed by atoms with Gasteiger partial charge in [0.05, 0.1) is 6.54 Å². The molecule has 1 saturated heterocycles. The number of hydrogen-bond acceptors (Lipinski definition) is 6. The third-order valence-electron chi connectivity index (χ3n) is 3.38. The van der Waals surface area contributed by atoms with Gasteiger partial charge in [-0.1, -0.05) is 13.3 Å². The van der Waals surface area contributed by atoms with Gasteiger partial charge in [0.15, 0.2) is 0 Å². The lowest BCUT2D eigenvalue weighted by molar-refractivity contribution is -0.116. The monoisotopic (exact) mass is 312 g/mol. The Morgan fingerprint density at radius 2 is 2.05 bits per heavy atom. The summed E-state index contributed by atoms with van der Waals surface area (Å²) in [5, 5.41) is 0.146. The van der Waals surface area contributed by atoms with E-state index in [2.05, 4.69) is 26.8 Å². The largest absolute Gasteiger partial charge is 0.368 e. The number of amides is 1. The van der Waals surface area contributed by atoms with Crippen LogP contribution in [0.15, 0.2) is 0 Å². The van der Waals surface area contributed by atoms with Crippen molar-refractivity contribution in [3.63, 3.8) is 0 Å². The Labute approximate surface area is 129 Å². The molecule has 0 aromatic carbocycles. The molecule has 0 bridgehead atoms. The molecular formula is C13H21ClN6O. The predicted octanol–water partition coefficient (Wildman–Crippen LogP) is 1.22. The minimum Gasteiger partial charge on any atom is -0.368 e. The molecule has 2 heterocycles. The number of rotatable bonds is 7. The molecule has 0 saturated carbocycles. The Morgan fingerprint density at radius 1 is 1.33 bits per heavy atom. The van der Waals surface area contributed by atoms with E-state index in [1.165, 1.54) is 0 Å². The van der Waals surface area contributed by atoms with E-state index in [9.17, 15) is 4.79 Å². The molecule has 7 nitrogen and oxygen atoms in total. The van der Waals surface area contributed by atoms with Gasteiger partial charge in [0.25, 0.3) is 0 Å². The van der Waals surface area contributed by atoms with Crippen LogP contribution < -0.4 is 15.5 Å². The maximum absolute atomic E-state index is 11.2. The van der Waals surface area contributed by atoms with Crippen LogP contribution in [-0.4, -0.2) is 47.0 Å². The van der Waals surface area contributed by atoms with Gasteiger partial charge in [-0.2, -0.15) is 15.0 Å². The lowest BCUT2D eigenvalue weighted by atomic mass is 10.3. The lowest BCUT2D eigenvalue weighted by Gasteiger charge is -2.22. The van der Waals surface area contributed by atoms with E-state index in [1.807, 2.05) is 0 Å². The molecule has 0 aliphatic carbocycles. The smallest absolute Gasteiger partial charge is 0.237 e.